The van der Waals surface area contributed by atoms with E-state index in [1.165, 1.54) is 50.5 Å². The summed E-state index contributed by atoms with van der Waals surface area (Å²) in [7, 11) is 0. The molecule has 3 nitrogen and oxygen atoms in total. The highest BCUT2D eigenvalue weighted by Crippen LogP contribution is 2.43. The smallest absolute Gasteiger partial charge is 0.220 e. The van der Waals surface area contributed by atoms with Crippen LogP contribution in [-0.4, -0.2) is 24.5 Å². The lowest BCUT2D eigenvalue weighted by molar-refractivity contribution is -0.122. The maximum absolute atomic E-state index is 12.4. The number of benzene rings is 1. The zero-order valence-electron chi connectivity index (χ0n) is 13.9. The van der Waals surface area contributed by atoms with Crippen LogP contribution >= 0.6 is 0 Å². The Morgan fingerprint density at radius 1 is 1.13 bits per heavy atom. The van der Waals surface area contributed by atoms with Crippen molar-refractivity contribution < 1.29 is 4.79 Å². The second-order valence-electron chi connectivity index (χ2n) is 7.96. The molecule has 1 amide bonds. The van der Waals surface area contributed by atoms with Gasteiger partial charge in [-0.25, -0.2) is 0 Å². The topological polar surface area (TPSA) is 41.1 Å². The summed E-state index contributed by atoms with van der Waals surface area (Å²) in [4.78, 5) is 12.4. The van der Waals surface area contributed by atoms with E-state index < -0.39 is 0 Å². The van der Waals surface area contributed by atoms with Crippen LogP contribution < -0.4 is 10.6 Å². The highest BCUT2D eigenvalue weighted by Gasteiger charge is 2.39. The molecule has 1 aromatic rings. The summed E-state index contributed by atoms with van der Waals surface area (Å²) >= 11 is 0. The molecule has 3 fully saturated rings. The molecule has 2 bridgehead atoms. The Balaban J connectivity index is 1.31. The van der Waals surface area contributed by atoms with Crippen LogP contribution in [-0.2, 0) is 10.2 Å². The molecule has 23 heavy (non-hydrogen) atoms. The van der Waals surface area contributed by atoms with Crippen LogP contribution in [0.1, 0.15) is 56.9 Å². The van der Waals surface area contributed by atoms with E-state index in [1.54, 1.807) is 0 Å². The number of hydrogen-bond donors (Lipinski definition) is 2. The molecule has 2 atom stereocenters. The average molecular weight is 312 g/mol. The fraction of sp³-hybridized carbons (Fsp3) is 0.650. The predicted octanol–water partition coefficient (Wildman–Crippen LogP) is 3.15. The van der Waals surface area contributed by atoms with E-state index >= 15 is 0 Å². The van der Waals surface area contributed by atoms with Crippen molar-refractivity contribution in [1.82, 2.24) is 10.6 Å². The van der Waals surface area contributed by atoms with E-state index in [1.807, 2.05) is 0 Å². The van der Waals surface area contributed by atoms with Crippen molar-refractivity contribution in [1.29, 1.82) is 0 Å². The molecule has 1 saturated carbocycles. The number of carbonyl (C=O) groups is 1. The van der Waals surface area contributed by atoms with Gasteiger partial charge in [0.25, 0.3) is 0 Å². The van der Waals surface area contributed by atoms with Gasteiger partial charge in [0.15, 0.2) is 0 Å². The summed E-state index contributed by atoms with van der Waals surface area (Å²) in [5.41, 5.74) is 1.59. The fourth-order valence-corrected chi connectivity index (χ4v) is 4.91. The summed E-state index contributed by atoms with van der Waals surface area (Å²) in [6.07, 6.45) is 9.40. The van der Waals surface area contributed by atoms with Crippen LogP contribution in [0.4, 0.5) is 0 Å². The maximum atomic E-state index is 12.4. The maximum Gasteiger partial charge on any atom is 0.220 e. The van der Waals surface area contributed by atoms with E-state index in [0.29, 0.717) is 18.0 Å². The molecule has 1 aromatic carbocycles. The zero-order valence-corrected chi connectivity index (χ0v) is 13.9. The predicted molar refractivity (Wildman–Crippen MR) is 92.3 cm³/mol. The molecule has 2 N–H and O–H groups in total. The summed E-state index contributed by atoms with van der Waals surface area (Å²) in [6.45, 7) is 0.813. The Hall–Kier alpha value is -1.35. The zero-order chi connectivity index (χ0) is 15.7. The Labute approximate surface area is 139 Å². The van der Waals surface area contributed by atoms with Gasteiger partial charge in [0, 0.05) is 30.5 Å². The SMILES string of the molecule is O=C(CC1CC2CCC(C1)N2)NCC1(c2ccccc2)CCC1. The minimum atomic E-state index is 0.198. The minimum Gasteiger partial charge on any atom is -0.355 e. The molecular formula is C20H28N2O. The molecule has 124 valence electrons. The molecule has 3 aliphatic rings. The van der Waals surface area contributed by atoms with Crippen LogP contribution in [0.15, 0.2) is 30.3 Å². The Kier molecular flexibility index (Phi) is 4.14. The molecule has 0 aromatic heterocycles. The summed E-state index contributed by atoms with van der Waals surface area (Å²) in [6, 6.07) is 12.1. The van der Waals surface area contributed by atoms with Gasteiger partial charge in [0.2, 0.25) is 5.91 Å². The second-order valence-corrected chi connectivity index (χ2v) is 7.96. The number of fused-ring (bicyclic) bond motifs is 2. The van der Waals surface area contributed by atoms with Crippen molar-refractivity contribution in [2.45, 2.75) is 68.9 Å². The Morgan fingerprint density at radius 2 is 1.83 bits per heavy atom. The highest BCUT2D eigenvalue weighted by atomic mass is 16.1. The van der Waals surface area contributed by atoms with Crippen LogP contribution in [0.2, 0.25) is 0 Å². The van der Waals surface area contributed by atoms with Crippen molar-refractivity contribution in [2.75, 3.05) is 6.54 Å². The lowest BCUT2D eigenvalue weighted by atomic mass is 9.64. The van der Waals surface area contributed by atoms with Gasteiger partial charge in [0.05, 0.1) is 0 Å². The van der Waals surface area contributed by atoms with E-state index in [-0.39, 0.29) is 11.3 Å². The second kappa shape index (κ2) is 6.27. The summed E-state index contributed by atoms with van der Waals surface area (Å²) in [5, 5.41) is 6.92. The third kappa shape index (κ3) is 3.16. The third-order valence-electron chi connectivity index (χ3n) is 6.37. The number of carbonyl (C=O) groups excluding carboxylic acids is 1. The quantitative estimate of drug-likeness (QED) is 0.877. The first kappa shape index (κ1) is 15.2. The molecule has 3 heteroatoms. The van der Waals surface area contributed by atoms with E-state index in [0.717, 1.165) is 13.0 Å². The monoisotopic (exact) mass is 312 g/mol. The van der Waals surface area contributed by atoms with Gasteiger partial charge >= 0.3 is 0 Å². The lowest BCUT2D eigenvalue weighted by Gasteiger charge is -2.42. The first-order chi connectivity index (χ1) is 11.2. The summed E-state index contributed by atoms with van der Waals surface area (Å²) in [5.74, 6) is 0.848. The van der Waals surface area contributed by atoms with Crippen LogP contribution in [0.25, 0.3) is 0 Å². The van der Waals surface area contributed by atoms with Crippen molar-refractivity contribution in [3.8, 4) is 0 Å². The molecule has 0 spiro atoms. The van der Waals surface area contributed by atoms with Crippen molar-refractivity contribution in [3.63, 3.8) is 0 Å². The molecule has 2 heterocycles. The first-order valence-corrected chi connectivity index (χ1v) is 9.32. The molecular weight excluding hydrogens is 284 g/mol. The number of piperidine rings is 1. The molecule has 2 aliphatic heterocycles. The van der Waals surface area contributed by atoms with Crippen LogP contribution in [0.3, 0.4) is 0 Å². The minimum absolute atomic E-state index is 0.198. The molecule has 0 radical (unpaired) electrons. The summed E-state index contributed by atoms with van der Waals surface area (Å²) < 4.78 is 0. The first-order valence-electron chi connectivity index (χ1n) is 9.32. The van der Waals surface area contributed by atoms with E-state index in [2.05, 4.69) is 41.0 Å². The Bertz CT molecular complexity index is 540. The lowest BCUT2D eigenvalue weighted by Crippen LogP contribution is -2.46. The molecule has 2 saturated heterocycles. The van der Waals surface area contributed by atoms with Gasteiger partial charge in [-0.2, -0.15) is 0 Å². The van der Waals surface area contributed by atoms with Gasteiger partial charge in [0.1, 0.15) is 0 Å². The van der Waals surface area contributed by atoms with Gasteiger partial charge < -0.3 is 10.6 Å². The van der Waals surface area contributed by atoms with Gasteiger partial charge in [-0.05, 0) is 50.0 Å². The van der Waals surface area contributed by atoms with Crippen LogP contribution in [0.5, 0.6) is 0 Å². The molecule has 2 unspecified atom stereocenters. The van der Waals surface area contributed by atoms with Crippen molar-refractivity contribution >= 4 is 5.91 Å². The number of hydrogen-bond acceptors (Lipinski definition) is 2. The van der Waals surface area contributed by atoms with Gasteiger partial charge in [-0.15, -0.1) is 0 Å². The van der Waals surface area contributed by atoms with Crippen molar-refractivity contribution in [3.05, 3.63) is 35.9 Å². The highest BCUT2D eigenvalue weighted by molar-refractivity contribution is 5.76. The molecule has 4 rings (SSSR count). The number of rotatable bonds is 5. The fourth-order valence-electron chi connectivity index (χ4n) is 4.91. The Morgan fingerprint density at radius 3 is 2.43 bits per heavy atom. The standard InChI is InChI=1S/C20H28N2O/c23-19(13-15-11-17-7-8-18(12-15)22-17)21-14-20(9-4-10-20)16-5-2-1-3-6-16/h1-3,5-6,15,17-18,22H,4,7-14H2,(H,21,23). The van der Waals surface area contributed by atoms with Crippen LogP contribution in [0, 0.1) is 5.92 Å². The molecule has 1 aliphatic carbocycles. The van der Waals surface area contributed by atoms with Gasteiger partial charge in [-0.3, -0.25) is 4.79 Å². The largest absolute Gasteiger partial charge is 0.355 e. The number of amides is 1. The van der Waals surface area contributed by atoms with E-state index in [4.69, 9.17) is 0 Å². The third-order valence-corrected chi connectivity index (χ3v) is 6.37. The normalized spacial score (nSPS) is 31.4. The van der Waals surface area contributed by atoms with Gasteiger partial charge in [-0.1, -0.05) is 36.8 Å². The van der Waals surface area contributed by atoms with Crippen molar-refractivity contribution in [2.24, 2.45) is 5.92 Å². The average Bonchev–Trinajstić information content (AvgIpc) is 2.86. The van der Waals surface area contributed by atoms with E-state index in [9.17, 15) is 4.79 Å². The number of nitrogens with one attached hydrogen (secondary N) is 2.